The molecule has 0 saturated heterocycles. The lowest BCUT2D eigenvalue weighted by molar-refractivity contribution is 0.0697. The number of aromatic nitrogens is 1. The Kier molecular flexibility index (Phi) is 3.93. The van der Waals surface area contributed by atoms with Crippen molar-refractivity contribution in [3.63, 3.8) is 0 Å². The number of hydrogen-bond acceptors (Lipinski definition) is 5. The lowest BCUT2D eigenvalue weighted by Gasteiger charge is -2.09. The van der Waals surface area contributed by atoms with Gasteiger partial charge in [-0.05, 0) is 32.0 Å². The van der Waals surface area contributed by atoms with E-state index >= 15 is 0 Å². The Morgan fingerprint density at radius 2 is 2.00 bits per heavy atom. The first-order valence-corrected chi connectivity index (χ1v) is 7.56. The van der Waals surface area contributed by atoms with E-state index in [1.54, 1.807) is 0 Å². The van der Waals surface area contributed by atoms with Crippen LogP contribution in [0.4, 0.5) is 5.69 Å². The van der Waals surface area contributed by atoms with Crippen molar-refractivity contribution >= 4 is 33.3 Å². The lowest BCUT2D eigenvalue weighted by atomic mass is 10.2. The van der Waals surface area contributed by atoms with Crippen molar-refractivity contribution in [3.8, 4) is 0 Å². The van der Waals surface area contributed by atoms with Crippen LogP contribution in [-0.4, -0.2) is 24.7 Å². The molecule has 2 N–H and O–H groups in total. The molecule has 2 rings (SSSR count). The minimum Gasteiger partial charge on any atom is -0.478 e. The standard InChI is InChI=1S/C12H11ClN2O5S/c1-6-11(7(2)20-14-6)21(18,19)15-10-4-8(12(16)17)3-9(13)5-10/h3-5,15H,1-2H3,(H,16,17). The van der Waals surface area contributed by atoms with Crippen molar-refractivity contribution in [1.82, 2.24) is 5.16 Å². The van der Waals surface area contributed by atoms with Crippen molar-refractivity contribution in [2.24, 2.45) is 0 Å². The van der Waals surface area contributed by atoms with Gasteiger partial charge in [-0.25, -0.2) is 13.2 Å². The highest BCUT2D eigenvalue weighted by Crippen LogP contribution is 2.25. The third kappa shape index (κ3) is 3.17. The monoisotopic (exact) mass is 330 g/mol. The molecule has 0 aliphatic heterocycles. The molecule has 1 aromatic heterocycles. The van der Waals surface area contributed by atoms with Gasteiger partial charge in [0.1, 0.15) is 5.69 Å². The molecule has 0 fully saturated rings. The number of anilines is 1. The van der Waals surface area contributed by atoms with Crippen LogP contribution in [0.1, 0.15) is 21.8 Å². The molecule has 1 aromatic carbocycles. The smallest absolute Gasteiger partial charge is 0.335 e. The van der Waals surface area contributed by atoms with E-state index in [1.807, 2.05) is 0 Å². The number of benzene rings is 1. The topological polar surface area (TPSA) is 110 Å². The van der Waals surface area contributed by atoms with Gasteiger partial charge in [0.15, 0.2) is 10.7 Å². The molecule has 112 valence electrons. The molecule has 0 radical (unpaired) electrons. The minimum absolute atomic E-state index is 0.0416. The number of sulfonamides is 1. The molecule has 0 unspecified atom stereocenters. The highest BCUT2D eigenvalue weighted by Gasteiger charge is 2.24. The summed E-state index contributed by atoms with van der Waals surface area (Å²) in [5.41, 5.74) is 0.124. The van der Waals surface area contributed by atoms with Crippen LogP contribution in [0, 0.1) is 13.8 Å². The van der Waals surface area contributed by atoms with E-state index in [0.717, 1.165) is 0 Å². The molecular weight excluding hydrogens is 320 g/mol. The van der Waals surface area contributed by atoms with Crippen molar-refractivity contribution in [1.29, 1.82) is 0 Å². The van der Waals surface area contributed by atoms with E-state index < -0.39 is 16.0 Å². The van der Waals surface area contributed by atoms with Gasteiger partial charge in [0.05, 0.1) is 11.3 Å². The maximum Gasteiger partial charge on any atom is 0.335 e. The van der Waals surface area contributed by atoms with Crippen LogP contribution in [0.25, 0.3) is 0 Å². The molecule has 0 aliphatic carbocycles. The Balaban J connectivity index is 2.44. The van der Waals surface area contributed by atoms with Crippen molar-refractivity contribution in [3.05, 3.63) is 40.2 Å². The molecule has 0 saturated carbocycles. The van der Waals surface area contributed by atoms with Crippen molar-refractivity contribution < 1.29 is 22.8 Å². The van der Waals surface area contributed by atoms with Gasteiger partial charge in [-0.3, -0.25) is 4.72 Å². The van der Waals surface area contributed by atoms with E-state index in [1.165, 1.54) is 32.0 Å². The number of rotatable bonds is 4. The highest BCUT2D eigenvalue weighted by molar-refractivity contribution is 7.92. The number of aryl methyl sites for hydroxylation is 2. The third-order valence-corrected chi connectivity index (χ3v) is 4.48. The number of carbonyl (C=O) groups is 1. The molecule has 1 heterocycles. The summed E-state index contributed by atoms with van der Waals surface area (Å²) >= 11 is 5.78. The lowest BCUT2D eigenvalue weighted by Crippen LogP contribution is -2.15. The summed E-state index contributed by atoms with van der Waals surface area (Å²) in [6.45, 7) is 2.96. The quantitative estimate of drug-likeness (QED) is 0.891. The zero-order valence-corrected chi connectivity index (χ0v) is 12.6. The zero-order chi connectivity index (χ0) is 15.8. The SMILES string of the molecule is Cc1noc(C)c1S(=O)(=O)Nc1cc(Cl)cc(C(=O)O)c1. The first-order valence-electron chi connectivity index (χ1n) is 5.70. The summed E-state index contributed by atoms with van der Waals surface area (Å²) in [4.78, 5) is 10.9. The molecule has 7 nitrogen and oxygen atoms in total. The number of aromatic carboxylic acids is 1. The van der Waals surface area contributed by atoms with Crippen LogP contribution in [0.15, 0.2) is 27.6 Å². The predicted molar refractivity (Wildman–Crippen MR) is 75.2 cm³/mol. The number of nitrogens with zero attached hydrogens (tertiary/aromatic N) is 1. The highest BCUT2D eigenvalue weighted by atomic mass is 35.5. The first-order chi connectivity index (χ1) is 9.70. The van der Waals surface area contributed by atoms with E-state index in [4.69, 9.17) is 21.2 Å². The molecule has 0 amide bonds. The first kappa shape index (κ1) is 15.3. The van der Waals surface area contributed by atoms with E-state index in [2.05, 4.69) is 9.88 Å². The number of hydrogen-bond donors (Lipinski definition) is 2. The second-order valence-electron chi connectivity index (χ2n) is 4.29. The molecule has 0 aliphatic rings. The summed E-state index contributed by atoms with van der Waals surface area (Å²) in [5, 5.41) is 12.6. The van der Waals surface area contributed by atoms with Crippen LogP contribution in [-0.2, 0) is 10.0 Å². The second kappa shape index (κ2) is 5.38. The van der Waals surface area contributed by atoms with Crippen LogP contribution in [0.5, 0.6) is 0 Å². The van der Waals surface area contributed by atoms with E-state index in [9.17, 15) is 13.2 Å². The Labute approximate surface area is 125 Å². The second-order valence-corrected chi connectivity index (χ2v) is 6.35. The molecular formula is C12H11ClN2O5S. The summed E-state index contributed by atoms with van der Waals surface area (Å²) in [6, 6.07) is 3.70. The zero-order valence-electron chi connectivity index (χ0n) is 11.0. The van der Waals surface area contributed by atoms with E-state index in [0.29, 0.717) is 0 Å². The number of carboxylic acid groups (broad SMARTS) is 1. The molecule has 0 spiro atoms. The third-order valence-electron chi connectivity index (χ3n) is 2.63. The molecule has 2 aromatic rings. The summed E-state index contributed by atoms with van der Waals surface area (Å²) in [7, 11) is -3.95. The van der Waals surface area contributed by atoms with Crippen molar-refractivity contribution in [2.45, 2.75) is 18.7 Å². The van der Waals surface area contributed by atoms with Gasteiger partial charge in [-0.2, -0.15) is 0 Å². The normalized spacial score (nSPS) is 11.4. The average molecular weight is 331 g/mol. The maximum absolute atomic E-state index is 12.3. The van der Waals surface area contributed by atoms with Crippen LogP contribution in [0.2, 0.25) is 5.02 Å². The van der Waals surface area contributed by atoms with Gasteiger partial charge in [-0.1, -0.05) is 16.8 Å². The molecule has 0 bridgehead atoms. The fourth-order valence-corrected chi connectivity index (χ4v) is 3.44. The minimum atomic E-state index is -3.95. The number of nitrogens with one attached hydrogen (secondary N) is 1. The van der Waals surface area contributed by atoms with Gasteiger partial charge in [-0.15, -0.1) is 0 Å². The van der Waals surface area contributed by atoms with Crippen LogP contribution >= 0.6 is 11.6 Å². The van der Waals surface area contributed by atoms with Crippen LogP contribution in [0.3, 0.4) is 0 Å². The van der Waals surface area contributed by atoms with Gasteiger partial charge < -0.3 is 9.63 Å². The largest absolute Gasteiger partial charge is 0.478 e. The van der Waals surface area contributed by atoms with Crippen molar-refractivity contribution in [2.75, 3.05) is 4.72 Å². The Bertz CT molecular complexity index is 794. The van der Waals surface area contributed by atoms with Gasteiger partial charge >= 0.3 is 5.97 Å². The van der Waals surface area contributed by atoms with Gasteiger partial charge in [0, 0.05) is 5.02 Å². The predicted octanol–water partition coefficient (Wildman–Crippen LogP) is 2.44. The van der Waals surface area contributed by atoms with Gasteiger partial charge in [0.2, 0.25) is 0 Å². The van der Waals surface area contributed by atoms with Gasteiger partial charge in [0.25, 0.3) is 10.0 Å². The average Bonchev–Trinajstić information content (AvgIpc) is 2.68. The number of halogens is 1. The number of carboxylic acids is 1. The summed E-state index contributed by atoms with van der Waals surface area (Å²) in [5.74, 6) is -1.07. The maximum atomic E-state index is 12.3. The summed E-state index contributed by atoms with van der Waals surface area (Å²) in [6.07, 6.45) is 0. The Morgan fingerprint density at radius 1 is 1.33 bits per heavy atom. The molecule has 9 heteroatoms. The fraction of sp³-hybridized carbons (Fsp3) is 0.167. The summed E-state index contributed by atoms with van der Waals surface area (Å²) < 4.78 is 31.7. The van der Waals surface area contributed by atoms with E-state index in [-0.39, 0.29) is 32.6 Å². The molecule has 21 heavy (non-hydrogen) atoms. The van der Waals surface area contributed by atoms with Crippen LogP contribution < -0.4 is 4.72 Å². The Morgan fingerprint density at radius 3 is 2.52 bits per heavy atom. The molecule has 0 atom stereocenters. The Hall–Kier alpha value is -2.06. The fourth-order valence-electron chi connectivity index (χ4n) is 1.84.